The van der Waals surface area contributed by atoms with E-state index in [1.165, 1.54) is 0 Å². The summed E-state index contributed by atoms with van der Waals surface area (Å²) in [6, 6.07) is 5.30. The molecule has 1 aromatic carbocycles. The summed E-state index contributed by atoms with van der Waals surface area (Å²) in [5.74, 6) is 0.00416. The second kappa shape index (κ2) is 7.33. The van der Waals surface area contributed by atoms with E-state index in [9.17, 15) is 9.59 Å². The highest BCUT2D eigenvalue weighted by Gasteiger charge is 2.22. The molecule has 1 aliphatic rings. The van der Waals surface area contributed by atoms with Gasteiger partial charge in [0.2, 0.25) is 0 Å². The smallest absolute Gasteiger partial charge is 0.253 e. The number of hydrogen-bond donors (Lipinski definition) is 0. The zero-order chi connectivity index (χ0) is 15.2. The van der Waals surface area contributed by atoms with Gasteiger partial charge in [-0.25, -0.2) is 0 Å². The van der Waals surface area contributed by atoms with Gasteiger partial charge in [-0.15, -0.1) is 0 Å². The van der Waals surface area contributed by atoms with E-state index in [0.717, 1.165) is 31.5 Å². The number of aldehydes is 1. The van der Waals surface area contributed by atoms with Gasteiger partial charge in [0.05, 0.1) is 6.61 Å². The molecule has 5 heteroatoms. The number of aryl methyl sites for hydroxylation is 1. The Balaban J connectivity index is 1.97. The van der Waals surface area contributed by atoms with Gasteiger partial charge in [0.15, 0.2) is 0 Å². The molecule has 0 atom stereocenters. The third-order valence-electron chi connectivity index (χ3n) is 3.92. The molecule has 0 aromatic heterocycles. The average molecular weight is 290 g/mol. The highest BCUT2D eigenvalue weighted by atomic mass is 16.5. The fourth-order valence-electron chi connectivity index (χ4n) is 2.48. The minimum atomic E-state index is 0.00416. The zero-order valence-corrected chi connectivity index (χ0v) is 12.7. The van der Waals surface area contributed by atoms with E-state index in [4.69, 9.17) is 4.74 Å². The Morgan fingerprint density at radius 1 is 1.29 bits per heavy atom. The van der Waals surface area contributed by atoms with E-state index in [2.05, 4.69) is 4.90 Å². The van der Waals surface area contributed by atoms with Crippen molar-refractivity contribution in [2.24, 2.45) is 0 Å². The number of rotatable bonds is 5. The van der Waals surface area contributed by atoms with Gasteiger partial charge in [-0.2, -0.15) is 0 Å². The lowest BCUT2D eigenvalue weighted by Crippen LogP contribution is -2.49. The van der Waals surface area contributed by atoms with Crippen molar-refractivity contribution < 1.29 is 14.3 Å². The van der Waals surface area contributed by atoms with Crippen LogP contribution in [0.15, 0.2) is 18.2 Å². The van der Waals surface area contributed by atoms with Crippen molar-refractivity contribution in [1.29, 1.82) is 0 Å². The topological polar surface area (TPSA) is 49.9 Å². The molecular weight excluding hydrogens is 268 g/mol. The lowest BCUT2D eigenvalue weighted by atomic mass is 10.0. The molecule has 1 aliphatic heterocycles. The quantitative estimate of drug-likeness (QED) is 0.765. The standard InChI is InChI=1S/C16H22N2O3/c1-13-3-4-14(11-15(13)12-19)16(20)18-7-5-17(6-8-18)9-10-21-2/h3-4,11-12H,5-10H2,1-2H3. The number of ether oxygens (including phenoxy) is 1. The summed E-state index contributed by atoms with van der Waals surface area (Å²) >= 11 is 0. The zero-order valence-electron chi connectivity index (χ0n) is 12.7. The van der Waals surface area contributed by atoms with Gasteiger partial charge in [0.25, 0.3) is 5.91 Å². The van der Waals surface area contributed by atoms with Gasteiger partial charge in [-0.3, -0.25) is 14.5 Å². The minimum absolute atomic E-state index is 0.00416. The van der Waals surface area contributed by atoms with Gasteiger partial charge in [0, 0.05) is 51.0 Å². The second-order valence-electron chi connectivity index (χ2n) is 5.32. The van der Waals surface area contributed by atoms with E-state index >= 15 is 0 Å². The summed E-state index contributed by atoms with van der Waals surface area (Å²) in [6.07, 6.45) is 0.800. The number of hydrogen-bond acceptors (Lipinski definition) is 4. The van der Waals surface area contributed by atoms with E-state index in [1.807, 2.05) is 17.9 Å². The molecular formula is C16H22N2O3. The first-order chi connectivity index (χ1) is 10.2. The number of benzene rings is 1. The first-order valence-corrected chi connectivity index (χ1v) is 7.22. The molecule has 0 unspecified atom stereocenters. The molecule has 1 amide bonds. The highest BCUT2D eigenvalue weighted by Crippen LogP contribution is 2.13. The van der Waals surface area contributed by atoms with Crippen molar-refractivity contribution >= 4 is 12.2 Å². The Bertz CT molecular complexity index is 508. The maximum atomic E-state index is 12.5. The van der Waals surface area contributed by atoms with Gasteiger partial charge >= 0.3 is 0 Å². The predicted octanol–water partition coefficient (Wildman–Crippen LogP) is 1.21. The Kier molecular flexibility index (Phi) is 5.47. The Morgan fingerprint density at radius 3 is 2.62 bits per heavy atom. The van der Waals surface area contributed by atoms with E-state index < -0.39 is 0 Å². The van der Waals surface area contributed by atoms with E-state index in [-0.39, 0.29) is 5.91 Å². The van der Waals surface area contributed by atoms with Crippen molar-refractivity contribution in [3.05, 3.63) is 34.9 Å². The van der Waals surface area contributed by atoms with Crippen LogP contribution in [0, 0.1) is 6.92 Å². The summed E-state index contributed by atoms with van der Waals surface area (Å²) in [5, 5.41) is 0. The highest BCUT2D eigenvalue weighted by molar-refractivity contribution is 5.96. The number of amides is 1. The number of carbonyl (C=O) groups excluding carboxylic acids is 2. The summed E-state index contributed by atoms with van der Waals surface area (Å²) in [5.41, 5.74) is 2.07. The molecule has 2 rings (SSSR count). The second-order valence-corrected chi connectivity index (χ2v) is 5.32. The Morgan fingerprint density at radius 2 is 2.00 bits per heavy atom. The summed E-state index contributed by atoms with van der Waals surface area (Å²) in [4.78, 5) is 27.6. The molecule has 0 aliphatic carbocycles. The van der Waals surface area contributed by atoms with Crippen molar-refractivity contribution in [3.63, 3.8) is 0 Å². The summed E-state index contributed by atoms with van der Waals surface area (Å²) in [7, 11) is 1.70. The number of methoxy groups -OCH3 is 1. The van der Waals surface area contributed by atoms with Crippen molar-refractivity contribution in [3.8, 4) is 0 Å². The third kappa shape index (κ3) is 3.89. The van der Waals surface area contributed by atoms with Crippen molar-refractivity contribution in [1.82, 2.24) is 9.80 Å². The van der Waals surface area contributed by atoms with Crippen LogP contribution in [0.4, 0.5) is 0 Å². The molecule has 5 nitrogen and oxygen atoms in total. The monoisotopic (exact) mass is 290 g/mol. The van der Waals surface area contributed by atoms with Crippen LogP contribution in [0.25, 0.3) is 0 Å². The summed E-state index contributed by atoms with van der Waals surface area (Å²) < 4.78 is 5.07. The molecule has 114 valence electrons. The SMILES string of the molecule is COCCN1CCN(C(=O)c2ccc(C)c(C=O)c2)CC1. The largest absolute Gasteiger partial charge is 0.383 e. The fourth-order valence-corrected chi connectivity index (χ4v) is 2.48. The van der Waals surface area contributed by atoms with Crippen LogP contribution in [-0.4, -0.2) is 68.4 Å². The van der Waals surface area contributed by atoms with Gasteiger partial charge < -0.3 is 9.64 Å². The molecule has 0 saturated carbocycles. The predicted molar refractivity (Wildman–Crippen MR) is 80.8 cm³/mol. The molecule has 0 spiro atoms. The van der Waals surface area contributed by atoms with Crippen LogP contribution in [0.3, 0.4) is 0 Å². The normalized spacial score (nSPS) is 16.0. The minimum Gasteiger partial charge on any atom is -0.383 e. The molecule has 0 bridgehead atoms. The maximum Gasteiger partial charge on any atom is 0.253 e. The van der Waals surface area contributed by atoms with Crippen LogP contribution in [-0.2, 0) is 4.74 Å². The molecule has 1 aromatic rings. The molecule has 1 saturated heterocycles. The lowest BCUT2D eigenvalue weighted by Gasteiger charge is -2.34. The number of carbonyl (C=O) groups is 2. The first-order valence-electron chi connectivity index (χ1n) is 7.22. The average Bonchev–Trinajstić information content (AvgIpc) is 2.53. The molecule has 21 heavy (non-hydrogen) atoms. The van der Waals surface area contributed by atoms with Crippen LogP contribution in [0.2, 0.25) is 0 Å². The lowest BCUT2D eigenvalue weighted by molar-refractivity contribution is 0.0594. The molecule has 0 N–H and O–H groups in total. The van der Waals surface area contributed by atoms with Gasteiger partial charge in [-0.05, 0) is 24.6 Å². The summed E-state index contributed by atoms with van der Waals surface area (Å²) in [6.45, 7) is 6.64. The Hall–Kier alpha value is -1.72. The first kappa shape index (κ1) is 15.7. The molecule has 1 heterocycles. The number of nitrogens with zero attached hydrogens (tertiary/aromatic N) is 2. The van der Waals surface area contributed by atoms with Crippen molar-refractivity contribution in [2.45, 2.75) is 6.92 Å². The van der Waals surface area contributed by atoms with Crippen LogP contribution < -0.4 is 0 Å². The van der Waals surface area contributed by atoms with Crippen LogP contribution >= 0.6 is 0 Å². The van der Waals surface area contributed by atoms with Crippen molar-refractivity contribution in [2.75, 3.05) is 46.4 Å². The number of piperazine rings is 1. The third-order valence-corrected chi connectivity index (χ3v) is 3.92. The van der Waals surface area contributed by atoms with E-state index in [1.54, 1.807) is 19.2 Å². The maximum absolute atomic E-state index is 12.5. The van der Waals surface area contributed by atoms with E-state index in [0.29, 0.717) is 30.8 Å². The molecule has 0 radical (unpaired) electrons. The van der Waals surface area contributed by atoms with Gasteiger partial charge in [-0.1, -0.05) is 6.07 Å². The molecule has 1 fully saturated rings. The Labute approximate surface area is 125 Å². The fraction of sp³-hybridized carbons (Fsp3) is 0.500. The van der Waals surface area contributed by atoms with Crippen LogP contribution in [0.1, 0.15) is 26.3 Å². The van der Waals surface area contributed by atoms with Crippen LogP contribution in [0.5, 0.6) is 0 Å². The van der Waals surface area contributed by atoms with Gasteiger partial charge in [0.1, 0.15) is 6.29 Å².